The summed E-state index contributed by atoms with van der Waals surface area (Å²) in [5.41, 5.74) is 4.01. The maximum absolute atomic E-state index is 12.4. The van der Waals surface area contributed by atoms with Gasteiger partial charge in [-0.2, -0.15) is 4.98 Å². The lowest BCUT2D eigenvalue weighted by atomic mass is 10.0. The Hall–Kier alpha value is -3.78. The van der Waals surface area contributed by atoms with Crippen molar-refractivity contribution in [2.45, 2.75) is 19.9 Å². The minimum atomic E-state index is -1.04. The van der Waals surface area contributed by atoms with E-state index in [0.717, 1.165) is 32.3 Å². The molecule has 2 aromatic carbocycles. The highest BCUT2D eigenvalue weighted by Gasteiger charge is 2.23. The van der Waals surface area contributed by atoms with Crippen LogP contribution in [0.5, 0.6) is 0 Å². The number of pyridine rings is 1. The van der Waals surface area contributed by atoms with E-state index in [0.29, 0.717) is 5.56 Å². The van der Waals surface area contributed by atoms with Crippen molar-refractivity contribution in [3.05, 3.63) is 72.4 Å². The average molecular weight is 447 g/mol. The largest absolute Gasteiger partial charge is 0.480 e. The van der Waals surface area contributed by atoms with E-state index in [1.165, 1.54) is 0 Å². The summed E-state index contributed by atoms with van der Waals surface area (Å²) in [4.78, 5) is 32.4. The van der Waals surface area contributed by atoms with E-state index in [9.17, 15) is 14.7 Å². The van der Waals surface area contributed by atoms with Crippen LogP contribution in [0.2, 0.25) is 0 Å². The number of thiazole rings is 1. The third-order valence-electron chi connectivity index (χ3n) is 5.00. The standard InChI is InChI=1S/C24H22N4O3S/c1-14(2)20(23(30)31)27-22(29)17-7-5-15(6-8-17)16-9-11-18(12-10-16)26-24-28-21-19(32-24)4-3-13-25-21/h3-14,20H,1-2H3,(H,27,29)(H,30,31)(H,25,26,28)/t20-/m0/s1. The summed E-state index contributed by atoms with van der Waals surface area (Å²) < 4.78 is 1.03. The van der Waals surface area contributed by atoms with Crippen molar-refractivity contribution in [1.29, 1.82) is 0 Å². The molecule has 32 heavy (non-hydrogen) atoms. The zero-order valence-electron chi connectivity index (χ0n) is 17.6. The van der Waals surface area contributed by atoms with Gasteiger partial charge < -0.3 is 15.7 Å². The van der Waals surface area contributed by atoms with Gasteiger partial charge in [-0.1, -0.05) is 49.4 Å². The van der Waals surface area contributed by atoms with Gasteiger partial charge in [0, 0.05) is 17.4 Å². The number of hydrogen-bond donors (Lipinski definition) is 3. The van der Waals surface area contributed by atoms with E-state index < -0.39 is 17.9 Å². The molecule has 1 atom stereocenters. The number of amides is 1. The Morgan fingerprint density at radius 3 is 2.22 bits per heavy atom. The Balaban J connectivity index is 1.43. The first-order valence-corrected chi connectivity index (χ1v) is 10.9. The minimum Gasteiger partial charge on any atom is -0.480 e. The van der Waals surface area contributed by atoms with Crippen LogP contribution in [0, 0.1) is 5.92 Å². The van der Waals surface area contributed by atoms with Gasteiger partial charge in [0.25, 0.3) is 5.91 Å². The molecule has 0 radical (unpaired) electrons. The predicted molar refractivity (Wildman–Crippen MR) is 126 cm³/mol. The molecule has 1 amide bonds. The van der Waals surface area contributed by atoms with Crippen LogP contribution in [0.1, 0.15) is 24.2 Å². The molecule has 7 nitrogen and oxygen atoms in total. The molecule has 0 saturated carbocycles. The van der Waals surface area contributed by atoms with Crippen LogP contribution in [0.15, 0.2) is 66.9 Å². The third kappa shape index (κ3) is 4.76. The van der Waals surface area contributed by atoms with E-state index in [1.54, 1.807) is 43.5 Å². The summed E-state index contributed by atoms with van der Waals surface area (Å²) in [5, 5.41) is 15.9. The van der Waals surface area contributed by atoms with Crippen molar-refractivity contribution < 1.29 is 14.7 Å². The first kappa shape index (κ1) is 21.5. The highest BCUT2D eigenvalue weighted by Crippen LogP contribution is 2.28. The fraction of sp³-hybridized carbons (Fsp3) is 0.167. The fourth-order valence-corrected chi connectivity index (χ4v) is 4.09. The Bertz CT molecular complexity index is 1220. The van der Waals surface area contributed by atoms with Gasteiger partial charge >= 0.3 is 5.97 Å². The van der Waals surface area contributed by atoms with Crippen LogP contribution in [0.3, 0.4) is 0 Å². The quantitative estimate of drug-likeness (QED) is 0.371. The number of benzene rings is 2. The number of hydrogen-bond acceptors (Lipinski definition) is 6. The second-order valence-corrected chi connectivity index (χ2v) is 8.69. The second kappa shape index (κ2) is 9.15. The smallest absolute Gasteiger partial charge is 0.326 e. The maximum atomic E-state index is 12.4. The molecule has 0 aliphatic carbocycles. The van der Waals surface area contributed by atoms with Crippen LogP contribution in [-0.2, 0) is 4.79 Å². The molecule has 0 unspecified atom stereocenters. The molecule has 2 heterocycles. The van der Waals surface area contributed by atoms with Gasteiger partial charge in [0.1, 0.15) is 6.04 Å². The predicted octanol–water partition coefficient (Wildman–Crippen LogP) is 4.94. The number of anilines is 2. The highest BCUT2D eigenvalue weighted by molar-refractivity contribution is 7.22. The van der Waals surface area contributed by atoms with E-state index in [-0.39, 0.29) is 5.92 Å². The summed E-state index contributed by atoms with van der Waals surface area (Å²) in [6.45, 7) is 3.52. The van der Waals surface area contributed by atoms with Crippen LogP contribution < -0.4 is 10.6 Å². The molecule has 0 fully saturated rings. The van der Waals surface area contributed by atoms with Gasteiger partial charge in [0.15, 0.2) is 10.8 Å². The molecular weight excluding hydrogens is 424 g/mol. The van der Waals surface area contributed by atoms with Gasteiger partial charge in [-0.25, -0.2) is 9.78 Å². The number of carbonyl (C=O) groups is 2. The lowest BCUT2D eigenvalue weighted by molar-refractivity contribution is -0.140. The first-order valence-electron chi connectivity index (χ1n) is 10.1. The zero-order chi connectivity index (χ0) is 22.7. The molecule has 3 N–H and O–H groups in total. The number of aliphatic carboxylic acids is 1. The highest BCUT2D eigenvalue weighted by atomic mass is 32.1. The SMILES string of the molecule is CC(C)[C@H](NC(=O)c1ccc(-c2ccc(Nc3nc4ncccc4s3)cc2)cc1)C(=O)O. The molecule has 0 aliphatic rings. The van der Waals surface area contributed by atoms with Crippen molar-refractivity contribution in [1.82, 2.24) is 15.3 Å². The summed E-state index contributed by atoms with van der Waals surface area (Å²) in [5.74, 6) is -1.65. The summed E-state index contributed by atoms with van der Waals surface area (Å²) >= 11 is 1.55. The Labute approximate surface area is 189 Å². The van der Waals surface area contributed by atoms with Crippen molar-refractivity contribution in [3.8, 4) is 11.1 Å². The summed E-state index contributed by atoms with van der Waals surface area (Å²) in [7, 11) is 0. The van der Waals surface area contributed by atoms with Gasteiger partial charge in [-0.15, -0.1) is 0 Å². The van der Waals surface area contributed by atoms with Gasteiger partial charge in [0.2, 0.25) is 0 Å². The molecule has 0 spiro atoms. The monoisotopic (exact) mass is 446 g/mol. The molecular formula is C24H22N4O3S. The topological polar surface area (TPSA) is 104 Å². The van der Waals surface area contributed by atoms with Crippen molar-refractivity contribution in [3.63, 3.8) is 0 Å². The average Bonchev–Trinajstić information content (AvgIpc) is 3.20. The van der Waals surface area contributed by atoms with Gasteiger partial charge in [-0.3, -0.25) is 4.79 Å². The summed E-state index contributed by atoms with van der Waals surface area (Å²) in [6.07, 6.45) is 1.73. The number of carboxylic acid groups (broad SMARTS) is 1. The lowest BCUT2D eigenvalue weighted by Gasteiger charge is -2.18. The van der Waals surface area contributed by atoms with Crippen LogP contribution >= 0.6 is 11.3 Å². The Morgan fingerprint density at radius 2 is 1.62 bits per heavy atom. The van der Waals surface area contributed by atoms with Gasteiger partial charge in [0.05, 0.1) is 4.70 Å². The molecule has 162 valence electrons. The van der Waals surface area contributed by atoms with E-state index in [1.807, 2.05) is 48.5 Å². The molecule has 8 heteroatoms. The second-order valence-electron chi connectivity index (χ2n) is 7.66. The van der Waals surface area contributed by atoms with Crippen molar-refractivity contribution in [2.75, 3.05) is 5.32 Å². The molecule has 0 saturated heterocycles. The van der Waals surface area contributed by atoms with Crippen LogP contribution in [0.25, 0.3) is 21.5 Å². The number of carbonyl (C=O) groups excluding carboxylic acids is 1. The van der Waals surface area contributed by atoms with E-state index in [2.05, 4.69) is 20.6 Å². The molecule has 2 aromatic heterocycles. The normalized spacial score (nSPS) is 12.0. The number of fused-ring (bicyclic) bond motifs is 1. The first-order chi connectivity index (χ1) is 15.4. The third-order valence-corrected chi connectivity index (χ3v) is 5.93. The van der Waals surface area contributed by atoms with E-state index >= 15 is 0 Å². The van der Waals surface area contributed by atoms with Crippen LogP contribution in [-0.4, -0.2) is 33.0 Å². The molecule has 4 rings (SSSR count). The fourth-order valence-electron chi connectivity index (χ4n) is 3.24. The number of nitrogens with one attached hydrogen (secondary N) is 2. The Kier molecular flexibility index (Phi) is 6.13. The maximum Gasteiger partial charge on any atom is 0.326 e. The number of aromatic nitrogens is 2. The minimum absolute atomic E-state index is 0.207. The Morgan fingerprint density at radius 1 is 0.969 bits per heavy atom. The number of rotatable bonds is 7. The zero-order valence-corrected chi connectivity index (χ0v) is 18.4. The molecule has 0 aliphatic heterocycles. The van der Waals surface area contributed by atoms with Gasteiger partial charge in [-0.05, 0) is 53.4 Å². The number of carboxylic acids is 1. The van der Waals surface area contributed by atoms with Crippen molar-refractivity contribution in [2.24, 2.45) is 5.92 Å². The lowest BCUT2D eigenvalue weighted by Crippen LogP contribution is -2.44. The number of nitrogens with zero attached hydrogens (tertiary/aromatic N) is 2. The molecule has 4 aromatic rings. The van der Waals surface area contributed by atoms with Crippen molar-refractivity contribution >= 4 is 44.4 Å². The molecule has 0 bridgehead atoms. The summed E-state index contributed by atoms with van der Waals surface area (Å²) in [6, 6.07) is 18.0. The van der Waals surface area contributed by atoms with E-state index in [4.69, 9.17) is 0 Å². The van der Waals surface area contributed by atoms with Crippen LogP contribution in [0.4, 0.5) is 10.8 Å².